The third-order valence-electron chi connectivity index (χ3n) is 4.45. The summed E-state index contributed by atoms with van der Waals surface area (Å²) in [6.07, 6.45) is 0. The van der Waals surface area contributed by atoms with E-state index in [1.54, 1.807) is 44.4 Å². The molecule has 0 atom stereocenters. The lowest BCUT2D eigenvalue weighted by atomic mass is 10.2. The van der Waals surface area contributed by atoms with E-state index in [1.807, 2.05) is 13.0 Å². The Morgan fingerprint density at radius 1 is 1.18 bits per heavy atom. The number of benzene rings is 2. The summed E-state index contributed by atoms with van der Waals surface area (Å²) in [5.41, 5.74) is 1.28. The van der Waals surface area contributed by atoms with Crippen LogP contribution in [0.25, 0.3) is 10.1 Å². The van der Waals surface area contributed by atoms with Crippen LogP contribution in [0.15, 0.2) is 47.4 Å². The molecule has 148 valence electrons. The summed E-state index contributed by atoms with van der Waals surface area (Å²) in [6, 6.07) is 11.9. The van der Waals surface area contributed by atoms with Gasteiger partial charge in [0.15, 0.2) is 0 Å². The van der Waals surface area contributed by atoms with Crippen molar-refractivity contribution in [2.45, 2.75) is 18.7 Å². The number of aryl methyl sites for hydroxylation is 1. The number of nitrogens with one attached hydrogen (secondary N) is 1. The van der Waals surface area contributed by atoms with Gasteiger partial charge in [0, 0.05) is 18.3 Å². The van der Waals surface area contributed by atoms with Crippen molar-refractivity contribution in [2.75, 3.05) is 25.0 Å². The molecule has 1 heterocycles. The first-order valence-electron chi connectivity index (χ1n) is 8.73. The van der Waals surface area contributed by atoms with Gasteiger partial charge in [0.25, 0.3) is 15.9 Å². The van der Waals surface area contributed by atoms with Gasteiger partial charge in [0.05, 0.1) is 22.6 Å². The number of carbonyl (C=O) groups excluding carboxylic acids is 1. The molecule has 0 aliphatic carbocycles. The average molecular weight is 419 g/mol. The van der Waals surface area contributed by atoms with E-state index in [0.717, 1.165) is 15.6 Å². The van der Waals surface area contributed by atoms with Gasteiger partial charge in [0.1, 0.15) is 5.75 Å². The maximum Gasteiger partial charge on any atom is 0.264 e. The molecule has 1 amide bonds. The van der Waals surface area contributed by atoms with Gasteiger partial charge >= 0.3 is 0 Å². The minimum atomic E-state index is -3.72. The van der Waals surface area contributed by atoms with Crippen molar-refractivity contribution in [1.82, 2.24) is 5.32 Å². The third-order valence-corrected chi connectivity index (χ3v) is 7.35. The summed E-state index contributed by atoms with van der Waals surface area (Å²) in [7, 11) is -0.654. The number of nitrogens with zero attached hydrogens (tertiary/aromatic N) is 1. The van der Waals surface area contributed by atoms with E-state index < -0.39 is 10.0 Å². The number of hydrogen-bond donors (Lipinski definition) is 1. The molecule has 0 aliphatic rings. The average Bonchev–Trinajstić information content (AvgIpc) is 3.11. The molecule has 0 aliphatic heterocycles. The summed E-state index contributed by atoms with van der Waals surface area (Å²) >= 11 is 1.38. The van der Waals surface area contributed by atoms with Crippen LogP contribution in [0.3, 0.4) is 0 Å². The molecule has 0 saturated heterocycles. The second-order valence-electron chi connectivity index (χ2n) is 6.30. The molecule has 0 unspecified atom stereocenters. The van der Waals surface area contributed by atoms with Crippen molar-refractivity contribution in [3.63, 3.8) is 0 Å². The van der Waals surface area contributed by atoms with Crippen molar-refractivity contribution < 1.29 is 17.9 Å². The zero-order chi connectivity index (χ0) is 20.5. The van der Waals surface area contributed by atoms with Gasteiger partial charge in [-0.1, -0.05) is 0 Å². The molecule has 2 aromatic carbocycles. The van der Waals surface area contributed by atoms with Crippen LogP contribution in [0.1, 0.15) is 22.2 Å². The van der Waals surface area contributed by atoms with Crippen LogP contribution in [0.4, 0.5) is 5.69 Å². The van der Waals surface area contributed by atoms with Crippen molar-refractivity contribution >= 4 is 43.0 Å². The number of carbonyl (C=O) groups is 1. The zero-order valence-electron chi connectivity index (χ0n) is 16.1. The molecule has 0 saturated carbocycles. The summed E-state index contributed by atoms with van der Waals surface area (Å²) in [6.45, 7) is 4.22. The lowest BCUT2D eigenvalue weighted by Gasteiger charge is -2.20. The number of hydrogen-bond acceptors (Lipinski definition) is 5. The molecule has 3 aromatic rings. The lowest BCUT2D eigenvalue weighted by Crippen LogP contribution is -2.26. The smallest absolute Gasteiger partial charge is 0.264 e. The van der Waals surface area contributed by atoms with Gasteiger partial charge in [-0.25, -0.2) is 8.42 Å². The molecule has 8 heteroatoms. The number of ether oxygens (including phenoxy) is 1. The first-order chi connectivity index (χ1) is 13.3. The molecule has 28 heavy (non-hydrogen) atoms. The largest absolute Gasteiger partial charge is 0.496 e. The Labute approximate surface area is 168 Å². The number of rotatable bonds is 6. The van der Waals surface area contributed by atoms with Crippen molar-refractivity contribution in [3.05, 3.63) is 52.9 Å². The number of anilines is 1. The Hall–Kier alpha value is -2.58. The number of fused-ring (bicyclic) bond motifs is 1. The molecule has 0 fully saturated rings. The SMILES string of the molecule is CCNC(=O)c1cc2cc(N(C)S(=O)(=O)c3ccc(OC)c(C)c3)ccc2s1. The summed E-state index contributed by atoms with van der Waals surface area (Å²) in [4.78, 5) is 12.8. The standard InChI is InChI=1S/C20H22N2O4S2/c1-5-21-20(23)19-12-14-11-15(6-9-18(14)27-19)22(3)28(24,25)16-7-8-17(26-4)13(2)10-16/h6-12H,5H2,1-4H3,(H,21,23). The van der Waals surface area contributed by atoms with E-state index in [0.29, 0.717) is 22.9 Å². The number of sulfonamides is 1. The zero-order valence-corrected chi connectivity index (χ0v) is 17.8. The fraction of sp³-hybridized carbons (Fsp3) is 0.250. The van der Waals surface area contributed by atoms with Gasteiger partial charge in [-0.2, -0.15) is 0 Å². The number of amides is 1. The van der Waals surface area contributed by atoms with E-state index in [4.69, 9.17) is 4.74 Å². The van der Waals surface area contributed by atoms with E-state index in [9.17, 15) is 13.2 Å². The summed E-state index contributed by atoms with van der Waals surface area (Å²) in [5.74, 6) is 0.513. The van der Waals surface area contributed by atoms with Crippen LogP contribution in [-0.4, -0.2) is 35.0 Å². The second-order valence-corrected chi connectivity index (χ2v) is 9.35. The fourth-order valence-corrected chi connectivity index (χ4v) is 5.13. The summed E-state index contributed by atoms with van der Waals surface area (Å²) in [5, 5.41) is 3.61. The highest BCUT2D eigenvalue weighted by Gasteiger charge is 2.23. The van der Waals surface area contributed by atoms with Gasteiger partial charge in [-0.15, -0.1) is 11.3 Å². The molecule has 0 spiro atoms. The minimum absolute atomic E-state index is 0.125. The monoisotopic (exact) mass is 418 g/mol. The van der Waals surface area contributed by atoms with Crippen LogP contribution in [0.5, 0.6) is 5.75 Å². The predicted octanol–water partition coefficient (Wildman–Crippen LogP) is 3.79. The maximum absolute atomic E-state index is 13.0. The quantitative estimate of drug-likeness (QED) is 0.661. The van der Waals surface area contributed by atoms with Gasteiger partial charge in [0.2, 0.25) is 0 Å². The first kappa shape index (κ1) is 20.2. The Kier molecular flexibility index (Phi) is 5.62. The Morgan fingerprint density at radius 3 is 2.57 bits per heavy atom. The van der Waals surface area contributed by atoms with Crippen LogP contribution in [0, 0.1) is 6.92 Å². The molecule has 1 N–H and O–H groups in total. The molecule has 0 radical (unpaired) electrons. The highest BCUT2D eigenvalue weighted by Crippen LogP contribution is 2.32. The third kappa shape index (κ3) is 3.70. The van der Waals surface area contributed by atoms with Crippen molar-refractivity contribution in [2.24, 2.45) is 0 Å². The predicted molar refractivity (Wildman–Crippen MR) is 113 cm³/mol. The molecule has 6 nitrogen and oxygen atoms in total. The van der Waals surface area contributed by atoms with Crippen LogP contribution in [-0.2, 0) is 10.0 Å². The highest BCUT2D eigenvalue weighted by atomic mass is 32.2. The molecule has 3 rings (SSSR count). The van der Waals surface area contributed by atoms with Crippen LogP contribution < -0.4 is 14.4 Å². The molecule has 1 aromatic heterocycles. The number of thiophene rings is 1. The fourth-order valence-electron chi connectivity index (χ4n) is 2.89. The Morgan fingerprint density at radius 2 is 1.93 bits per heavy atom. The highest BCUT2D eigenvalue weighted by molar-refractivity contribution is 7.92. The summed E-state index contributed by atoms with van der Waals surface area (Å²) < 4.78 is 33.5. The normalized spacial score (nSPS) is 11.4. The topological polar surface area (TPSA) is 75.7 Å². The van der Waals surface area contributed by atoms with Crippen LogP contribution >= 0.6 is 11.3 Å². The molecular formula is C20H22N2O4S2. The van der Waals surface area contributed by atoms with Gasteiger partial charge in [-0.3, -0.25) is 9.10 Å². The van der Waals surface area contributed by atoms with E-state index >= 15 is 0 Å². The van der Waals surface area contributed by atoms with Crippen molar-refractivity contribution in [1.29, 1.82) is 0 Å². The lowest BCUT2D eigenvalue weighted by molar-refractivity contribution is 0.0960. The molecular weight excluding hydrogens is 396 g/mol. The Bertz CT molecular complexity index is 1140. The molecule has 0 bridgehead atoms. The van der Waals surface area contributed by atoms with Crippen molar-refractivity contribution in [3.8, 4) is 5.75 Å². The van der Waals surface area contributed by atoms with E-state index in [1.165, 1.54) is 28.8 Å². The first-order valence-corrected chi connectivity index (χ1v) is 11.0. The van der Waals surface area contributed by atoms with Crippen LogP contribution in [0.2, 0.25) is 0 Å². The van der Waals surface area contributed by atoms with Gasteiger partial charge < -0.3 is 10.1 Å². The van der Waals surface area contributed by atoms with E-state index in [2.05, 4.69) is 5.32 Å². The Balaban J connectivity index is 1.96. The minimum Gasteiger partial charge on any atom is -0.496 e. The maximum atomic E-state index is 13.0. The second kappa shape index (κ2) is 7.81. The number of methoxy groups -OCH3 is 1. The van der Waals surface area contributed by atoms with Gasteiger partial charge in [-0.05, 0) is 67.3 Å². The van der Waals surface area contributed by atoms with E-state index in [-0.39, 0.29) is 10.8 Å².